The number of benzene rings is 1. The molecule has 0 saturated heterocycles. The summed E-state index contributed by atoms with van der Waals surface area (Å²) in [5, 5.41) is 0. The third-order valence-electron chi connectivity index (χ3n) is 2.62. The first-order valence-electron chi connectivity index (χ1n) is 4.80. The fraction of sp³-hybridized carbons (Fsp3) is 0.182. The summed E-state index contributed by atoms with van der Waals surface area (Å²) in [6, 6.07) is 6.14. The van der Waals surface area contributed by atoms with Crippen molar-refractivity contribution in [2.45, 2.75) is 13.0 Å². The molecule has 2 amide bonds. The second kappa shape index (κ2) is 3.68. The Kier molecular flexibility index (Phi) is 2.47. The predicted octanol–water partition coefficient (Wildman–Crippen LogP) is 0.957. The summed E-state index contributed by atoms with van der Waals surface area (Å²) in [4.78, 5) is 25.1. The van der Waals surface area contributed by atoms with Gasteiger partial charge in [-0.2, -0.15) is 0 Å². The number of carbonyl (C=O) groups excluding carboxylic acids is 2. The zero-order valence-corrected chi connectivity index (χ0v) is 9.45. The van der Waals surface area contributed by atoms with Gasteiger partial charge in [-0.05, 0) is 19.1 Å². The average molecular weight is 234 g/mol. The molecule has 1 aromatic carbocycles. The molecule has 1 atom stereocenters. The Morgan fingerprint density at radius 1 is 1.25 bits per heavy atom. The predicted molar refractivity (Wildman–Crippen MR) is 63.2 cm³/mol. The number of nitrogens with zero attached hydrogens (tertiary/aromatic N) is 1. The summed E-state index contributed by atoms with van der Waals surface area (Å²) in [5.74, 6) is -0.665. The average Bonchev–Trinajstić information content (AvgIpc) is 2.52. The van der Waals surface area contributed by atoms with Crippen LogP contribution >= 0.6 is 12.2 Å². The number of amides is 2. The van der Waals surface area contributed by atoms with Crippen LogP contribution in [-0.4, -0.2) is 27.7 Å². The molecule has 16 heavy (non-hydrogen) atoms. The molecule has 0 saturated carbocycles. The lowest BCUT2D eigenvalue weighted by Crippen LogP contribution is -2.45. The van der Waals surface area contributed by atoms with Crippen molar-refractivity contribution < 1.29 is 9.59 Å². The van der Waals surface area contributed by atoms with E-state index < -0.39 is 6.04 Å². The summed E-state index contributed by atoms with van der Waals surface area (Å²) in [6.07, 6.45) is 0. The summed E-state index contributed by atoms with van der Waals surface area (Å²) in [6.45, 7) is 1.64. The lowest BCUT2D eigenvalue weighted by Gasteiger charge is -2.20. The molecule has 0 aliphatic carbocycles. The molecular weight excluding hydrogens is 224 g/mol. The molecule has 82 valence electrons. The minimum absolute atomic E-state index is 0.134. The first-order valence-corrected chi connectivity index (χ1v) is 5.21. The highest BCUT2D eigenvalue weighted by atomic mass is 32.1. The molecule has 0 fully saturated rings. The number of nitrogens with two attached hydrogens (primary N) is 1. The van der Waals surface area contributed by atoms with Gasteiger partial charge >= 0.3 is 0 Å². The van der Waals surface area contributed by atoms with Gasteiger partial charge in [-0.3, -0.25) is 14.5 Å². The molecular formula is C11H10N2O2S. The molecule has 0 bridgehead atoms. The molecule has 4 nitrogen and oxygen atoms in total. The zero-order chi connectivity index (χ0) is 11.9. The fourth-order valence-electron chi connectivity index (χ4n) is 1.69. The van der Waals surface area contributed by atoms with E-state index >= 15 is 0 Å². The number of fused-ring (bicyclic) bond motifs is 1. The summed E-state index contributed by atoms with van der Waals surface area (Å²) in [5.41, 5.74) is 6.29. The van der Waals surface area contributed by atoms with E-state index in [0.717, 1.165) is 4.90 Å². The summed E-state index contributed by atoms with van der Waals surface area (Å²) in [7, 11) is 0. The van der Waals surface area contributed by atoms with Crippen LogP contribution in [-0.2, 0) is 0 Å². The SMILES string of the molecule is C[C@@H](C(N)=S)N1C(=O)c2ccccc2C1=O. The molecule has 0 spiro atoms. The highest BCUT2D eigenvalue weighted by Gasteiger charge is 2.38. The van der Waals surface area contributed by atoms with Gasteiger partial charge in [0, 0.05) is 0 Å². The van der Waals surface area contributed by atoms with Crippen molar-refractivity contribution in [2.75, 3.05) is 0 Å². The Morgan fingerprint density at radius 3 is 2.06 bits per heavy atom. The molecule has 0 aromatic heterocycles. The minimum atomic E-state index is -0.553. The molecule has 1 aliphatic rings. The van der Waals surface area contributed by atoms with Crippen molar-refractivity contribution in [3.63, 3.8) is 0 Å². The standard InChI is InChI=1S/C11H10N2O2S/c1-6(9(12)16)13-10(14)7-4-2-3-5-8(7)11(13)15/h2-6H,1H3,(H2,12,16)/t6-/m0/s1. The topological polar surface area (TPSA) is 63.4 Å². The number of thiocarbonyl (C=S) groups is 1. The van der Waals surface area contributed by atoms with Crippen molar-refractivity contribution in [3.8, 4) is 0 Å². The number of imide groups is 1. The molecule has 0 unspecified atom stereocenters. The molecule has 0 radical (unpaired) electrons. The van der Waals surface area contributed by atoms with E-state index in [1.165, 1.54) is 0 Å². The Hall–Kier alpha value is -1.75. The van der Waals surface area contributed by atoms with E-state index in [1.54, 1.807) is 31.2 Å². The van der Waals surface area contributed by atoms with E-state index in [9.17, 15) is 9.59 Å². The number of carbonyl (C=O) groups is 2. The maximum Gasteiger partial charge on any atom is 0.262 e. The van der Waals surface area contributed by atoms with Crippen LogP contribution in [0, 0.1) is 0 Å². The largest absolute Gasteiger partial charge is 0.392 e. The second-order valence-electron chi connectivity index (χ2n) is 3.60. The number of hydrogen-bond acceptors (Lipinski definition) is 3. The first-order chi connectivity index (χ1) is 7.54. The van der Waals surface area contributed by atoms with Crippen LogP contribution in [0.2, 0.25) is 0 Å². The fourth-order valence-corrected chi connectivity index (χ4v) is 1.79. The summed E-state index contributed by atoms with van der Waals surface area (Å²) < 4.78 is 0. The van der Waals surface area contributed by atoms with Crippen molar-refractivity contribution in [3.05, 3.63) is 35.4 Å². The number of hydrogen-bond donors (Lipinski definition) is 1. The quantitative estimate of drug-likeness (QED) is 0.611. The maximum absolute atomic E-state index is 11.9. The molecule has 2 rings (SSSR count). The minimum Gasteiger partial charge on any atom is -0.392 e. The smallest absolute Gasteiger partial charge is 0.262 e. The molecule has 1 aliphatic heterocycles. The Morgan fingerprint density at radius 2 is 1.69 bits per heavy atom. The van der Waals surface area contributed by atoms with Crippen LogP contribution in [0.3, 0.4) is 0 Å². The second-order valence-corrected chi connectivity index (χ2v) is 4.08. The Labute approximate surface area is 98.0 Å². The molecule has 1 heterocycles. The lowest BCUT2D eigenvalue weighted by molar-refractivity contribution is 0.0635. The van der Waals surface area contributed by atoms with Gasteiger partial charge in [0.1, 0.15) is 0 Å². The van der Waals surface area contributed by atoms with Gasteiger partial charge in [0.05, 0.1) is 22.2 Å². The lowest BCUT2D eigenvalue weighted by atomic mass is 10.1. The van der Waals surface area contributed by atoms with Gasteiger partial charge in [-0.15, -0.1) is 0 Å². The van der Waals surface area contributed by atoms with Crippen LogP contribution in [0.25, 0.3) is 0 Å². The van der Waals surface area contributed by atoms with E-state index in [1.807, 2.05) is 0 Å². The molecule has 5 heteroatoms. The van der Waals surface area contributed by atoms with Gasteiger partial charge in [-0.25, -0.2) is 0 Å². The van der Waals surface area contributed by atoms with Crippen LogP contribution in [0.5, 0.6) is 0 Å². The number of rotatable bonds is 2. The van der Waals surface area contributed by atoms with Crippen molar-refractivity contribution in [2.24, 2.45) is 5.73 Å². The van der Waals surface area contributed by atoms with Crippen LogP contribution in [0.4, 0.5) is 0 Å². The Balaban J connectivity index is 2.46. The van der Waals surface area contributed by atoms with Gasteiger partial charge in [0.2, 0.25) is 0 Å². The van der Waals surface area contributed by atoms with E-state index in [4.69, 9.17) is 18.0 Å². The summed E-state index contributed by atoms with van der Waals surface area (Å²) >= 11 is 4.80. The van der Waals surface area contributed by atoms with Crippen LogP contribution in [0.15, 0.2) is 24.3 Å². The van der Waals surface area contributed by atoms with Crippen LogP contribution in [0.1, 0.15) is 27.6 Å². The highest BCUT2D eigenvalue weighted by Crippen LogP contribution is 2.24. The van der Waals surface area contributed by atoms with Crippen LogP contribution < -0.4 is 5.73 Å². The van der Waals surface area contributed by atoms with Gasteiger partial charge < -0.3 is 5.73 Å². The van der Waals surface area contributed by atoms with Crippen molar-refractivity contribution >= 4 is 29.0 Å². The van der Waals surface area contributed by atoms with Gasteiger partial charge in [0.25, 0.3) is 11.8 Å². The van der Waals surface area contributed by atoms with E-state index in [-0.39, 0.29) is 16.8 Å². The third kappa shape index (κ3) is 1.40. The maximum atomic E-state index is 11.9. The van der Waals surface area contributed by atoms with Gasteiger partial charge in [-0.1, -0.05) is 24.4 Å². The normalized spacial score (nSPS) is 16.2. The van der Waals surface area contributed by atoms with Crippen molar-refractivity contribution in [1.29, 1.82) is 0 Å². The van der Waals surface area contributed by atoms with Crippen molar-refractivity contribution in [1.82, 2.24) is 4.90 Å². The van der Waals surface area contributed by atoms with Gasteiger partial charge in [0.15, 0.2) is 0 Å². The zero-order valence-electron chi connectivity index (χ0n) is 8.64. The Bertz CT molecular complexity index is 464. The first kappa shape index (κ1) is 10.8. The van der Waals surface area contributed by atoms with E-state index in [0.29, 0.717) is 11.1 Å². The molecule has 2 N–H and O–H groups in total. The third-order valence-corrected chi connectivity index (χ3v) is 2.97. The molecule has 1 aromatic rings. The monoisotopic (exact) mass is 234 g/mol. The van der Waals surface area contributed by atoms with E-state index in [2.05, 4.69) is 0 Å². The highest BCUT2D eigenvalue weighted by molar-refractivity contribution is 7.80.